The number of Topliss-reactive ketones (excluding diaryl/α,β-unsaturated/α-hetero) is 1. The molecule has 0 spiro atoms. The zero-order valence-corrected chi connectivity index (χ0v) is 13.7. The fraction of sp³-hybridized carbons (Fsp3) is 0.0588. The van der Waals surface area contributed by atoms with Gasteiger partial charge in [-0.15, -0.1) is 0 Å². The van der Waals surface area contributed by atoms with E-state index in [1.807, 2.05) is 0 Å². The van der Waals surface area contributed by atoms with E-state index < -0.39 is 11.8 Å². The van der Waals surface area contributed by atoms with Crippen molar-refractivity contribution in [3.63, 3.8) is 0 Å². The van der Waals surface area contributed by atoms with Crippen LogP contribution in [-0.2, 0) is 0 Å². The van der Waals surface area contributed by atoms with E-state index in [0.29, 0.717) is 16.7 Å². The summed E-state index contributed by atoms with van der Waals surface area (Å²) in [5.41, 5.74) is 1.10. The van der Waals surface area contributed by atoms with Crippen LogP contribution in [0.5, 0.6) is 0 Å². The van der Waals surface area contributed by atoms with Gasteiger partial charge in [0.15, 0.2) is 0 Å². The van der Waals surface area contributed by atoms with Crippen LogP contribution in [0.4, 0.5) is 0 Å². The number of ketones is 1. The average molecular weight is 371 g/mol. The summed E-state index contributed by atoms with van der Waals surface area (Å²) >= 11 is 3.30. The molecule has 5 nitrogen and oxygen atoms in total. The van der Waals surface area contributed by atoms with Crippen LogP contribution in [0.1, 0.15) is 38.0 Å². The summed E-state index contributed by atoms with van der Waals surface area (Å²) in [5, 5.41) is 4.69. The van der Waals surface area contributed by atoms with Crippen molar-refractivity contribution in [2.24, 2.45) is 5.10 Å². The highest BCUT2D eigenvalue weighted by Crippen LogP contribution is 2.23. The maximum atomic E-state index is 12.3. The summed E-state index contributed by atoms with van der Waals surface area (Å²) in [6, 6.07) is 13.3. The number of carbonyl (C=O) groups is 3. The second-order valence-electron chi connectivity index (χ2n) is 4.99. The molecule has 0 unspecified atom stereocenters. The molecule has 0 N–H and O–H groups in total. The van der Waals surface area contributed by atoms with Crippen LogP contribution in [0.2, 0.25) is 0 Å². The lowest BCUT2D eigenvalue weighted by Gasteiger charge is -2.08. The van der Waals surface area contributed by atoms with Crippen molar-refractivity contribution < 1.29 is 14.4 Å². The molecule has 1 aliphatic heterocycles. The molecule has 3 rings (SSSR count). The van der Waals surface area contributed by atoms with Gasteiger partial charge in [-0.2, -0.15) is 10.1 Å². The summed E-state index contributed by atoms with van der Waals surface area (Å²) in [6.45, 7) is 1.48. The van der Waals surface area contributed by atoms with Crippen LogP contribution in [0.25, 0.3) is 0 Å². The quantitative estimate of drug-likeness (QED) is 0.472. The smallest absolute Gasteiger partial charge is 0.282 e. The van der Waals surface area contributed by atoms with E-state index in [-0.39, 0.29) is 11.5 Å². The molecule has 0 bridgehead atoms. The Morgan fingerprint density at radius 1 is 0.957 bits per heavy atom. The molecule has 0 aliphatic carbocycles. The van der Waals surface area contributed by atoms with Crippen LogP contribution < -0.4 is 0 Å². The first-order valence-corrected chi connectivity index (χ1v) is 7.61. The Hall–Kier alpha value is -2.60. The van der Waals surface area contributed by atoms with Crippen LogP contribution in [0.15, 0.2) is 58.1 Å². The zero-order chi connectivity index (χ0) is 16.6. The number of rotatable bonds is 3. The van der Waals surface area contributed by atoms with Gasteiger partial charge in [-0.05, 0) is 43.3 Å². The number of nitrogens with zero attached hydrogens (tertiary/aromatic N) is 2. The number of hydrogen-bond donors (Lipinski definition) is 0. The predicted octanol–water partition coefficient (Wildman–Crippen LogP) is 3.30. The van der Waals surface area contributed by atoms with Gasteiger partial charge >= 0.3 is 0 Å². The topological polar surface area (TPSA) is 66.8 Å². The van der Waals surface area contributed by atoms with E-state index >= 15 is 0 Å². The number of amides is 2. The maximum absolute atomic E-state index is 12.3. The Morgan fingerprint density at radius 3 is 2.00 bits per heavy atom. The molecule has 0 atom stereocenters. The van der Waals surface area contributed by atoms with E-state index in [4.69, 9.17) is 0 Å². The number of imide groups is 1. The number of carbonyl (C=O) groups excluding carboxylic acids is 3. The van der Waals surface area contributed by atoms with Gasteiger partial charge in [0.25, 0.3) is 11.8 Å². The highest BCUT2D eigenvalue weighted by atomic mass is 79.9. The van der Waals surface area contributed by atoms with E-state index in [9.17, 15) is 14.4 Å². The lowest BCUT2D eigenvalue weighted by atomic mass is 10.1. The standard InChI is InChI=1S/C17H11BrN2O3/c1-10(15(21)11-6-8-12(18)9-7-11)19-20-16(22)13-4-2-3-5-14(13)17(20)23/h2-9H,1H3/b19-10+. The first-order valence-electron chi connectivity index (χ1n) is 6.82. The van der Waals surface area contributed by atoms with Crippen LogP contribution in [0, 0.1) is 0 Å². The Morgan fingerprint density at radius 2 is 1.48 bits per heavy atom. The van der Waals surface area contributed by atoms with Crippen molar-refractivity contribution in [3.05, 3.63) is 69.7 Å². The molecule has 0 radical (unpaired) electrons. The monoisotopic (exact) mass is 370 g/mol. The number of benzene rings is 2. The Kier molecular flexibility index (Phi) is 3.92. The van der Waals surface area contributed by atoms with Crippen molar-refractivity contribution in [3.8, 4) is 0 Å². The highest BCUT2D eigenvalue weighted by molar-refractivity contribution is 9.10. The average Bonchev–Trinajstić information content (AvgIpc) is 2.80. The van der Waals surface area contributed by atoms with Gasteiger partial charge < -0.3 is 0 Å². The molecule has 0 saturated carbocycles. The molecule has 1 heterocycles. The summed E-state index contributed by atoms with van der Waals surface area (Å²) in [4.78, 5) is 36.8. The molecule has 1 aliphatic rings. The van der Waals surface area contributed by atoms with Gasteiger partial charge in [-0.1, -0.05) is 28.1 Å². The second-order valence-corrected chi connectivity index (χ2v) is 5.90. The third-order valence-electron chi connectivity index (χ3n) is 3.46. The minimum atomic E-state index is -0.520. The molecule has 23 heavy (non-hydrogen) atoms. The fourth-order valence-corrected chi connectivity index (χ4v) is 2.54. The Labute approximate surface area is 140 Å². The number of fused-ring (bicyclic) bond motifs is 1. The normalized spacial score (nSPS) is 14.2. The third-order valence-corrected chi connectivity index (χ3v) is 3.99. The van der Waals surface area contributed by atoms with E-state index in [0.717, 1.165) is 9.48 Å². The summed E-state index contributed by atoms with van der Waals surface area (Å²) < 4.78 is 0.851. The van der Waals surface area contributed by atoms with Crippen molar-refractivity contribution in [2.45, 2.75) is 6.92 Å². The maximum Gasteiger partial charge on any atom is 0.282 e. The summed E-state index contributed by atoms with van der Waals surface area (Å²) in [7, 11) is 0. The van der Waals surface area contributed by atoms with Gasteiger partial charge in [-0.3, -0.25) is 14.4 Å². The molecule has 0 fully saturated rings. The SMILES string of the molecule is C/C(=N\N1C(=O)c2ccccc2C1=O)C(=O)c1ccc(Br)cc1. The number of hydrogen-bond acceptors (Lipinski definition) is 4. The molecule has 2 aromatic carbocycles. The number of hydrazone groups is 1. The van der Waals surface area contributed by atoms with Crippen molar-refractivity contribution >= 4 is 39.2 Å². The second kappa shape index (κ2) is 5.89. The largest absolute Gasteiger partial charge is 0.287 e. The summed E-state index contributed by atoms with van der Waals surface area (Å²) in [5.74, 6) is -1.38. The van der Waals surface area contributed by atoms with Gasteiger partial charge in [0, 0.05) is 10.0 Å². The first kappa shape index (κ1) is 15.3. The first-order chi connectivity index (χ1) is 11.0. The minimum Gasteiger partial charge on any atom is -0.287 e. The van der Waals surface area contributed by atoms with E-state index in [2.05, 4.69) is 21.0 Å². The van der Waals surface area contributed by atoms with Gasteiger partial charge in [0.1, 0.15) is 5.71 Å². The van der Waals surface area contributed by atoms with Crippen LogP contribution in [0.3, 0.4) is 0 Å². The van der Waals surface area contributed by atoms with Crippen molar-refractivity contribution in [2.75, 3.05) is 0 Å². The number of halogens is 1. The third kappa shape index (κ3) is 2.73. The van der Waals surface area contributed by atoms with E-state index in [1.54, 1.807) is 48.5 Å². The molecule has 0 saturated heterocycles. The molecule has 6 heteroatoms. The van der Waals surface area contributed by atoms with Gasteiger partial charge in [0.2, 0.25) is 5.78 Å². The molecule has 0 aromatic heterocycles. The Balaban J connectivity index is 1.90. The van der Waals surface area contributed by atoms with E-state index in [1.165, 1.54) is 6.92 Å². The van der Waals surface area contributed by atoms with Gasteiger partial charge in [-0.25, -0.2) is 0 Å². The molecular weight excluding hydrogens is 360 g/mol. The summed E-state index contributed by atoms with van der Waals surface area (Å²) in [6.07, 6.45) is 0. The lowest BCUT2D eigenvalue weighted by molar-refractivity contribution is 0.0658. The van der Waals surface area contributed by atoms with Crippen molar-refractivity contribution in [1.82, 2.24) is 5.01 Å². The van der Waals surface area contributed by atoms with Gasteiger partial charge in [0.05, 0.1) is 11.1 Å². The van der Waals surface area contributed by atoms with Crippen molar-refractivity contribution in [1.29, 1.82) is 0 Å². The minimum absolute atomic E-state index is 0.0711. The fourth-order valence-electron chi connectivity index (χ4n) is 2.27. The zero-order valence-electron chi connectivity index (χ0n) is 12.1. The molecular formula is C17H11BrN2O3. The molecule has 114 valence electrons. The molecule has 2 aromatic rings. The predicted molar refractivity (Wildman–Crippen MR) is 88.5 cm³/mol. The molecule has 2 amide bonds. The Bertz CT molecular complexity index is 821. The van der Waals surface area contributed by atoms with Crippen LogP contribution >= 0.6 is 15.9 Å². The lowest BCUT2D eigenvalue weighted by Crippen LogP contribution is -2.27. The highest BCUT2D eigenvalue weighted by Gasteiger charge is 2.35. The van der Waals surface area contributed by atoms with Crippen LogP contribution in [-0.4, -0.2) is 28.3 Å².